The highest BCUT2D eigenvalue weighted by Gasteiger charge is 2.33. The Hall–Kier alpha value is -3.89. The lowest BCUT2D eigenvalue weighted by atomic mass is 10.1. The number of likely N-dealkylation sites (N-methyl/N-ethyl adjacent to an activating group) is 1. The number of anilines is 2. The molecule has 3 heterocycles. The first-order valence-electron chi connectivity index (χ1n) is 9.96. The number of ether oxygens (including phenoxy) is 2. The van der Waals surface area contributed by atoms with Gasteiger partial charge in [-0.05, 0) is 30.3 Å². The number of cyclic esters (lactones) is 1. The molecule has 2 aromatic rings. The van der Waals surface area contributed by atoms with Crippen LogP contribution in [-0.2, 0) is 9.47 Å². The molecular weight excluding hydrogens is 421 g/mol. The number of nitrogens with one attached hydrogen (secondary N) is 1. The number of hydrogen-bond donors (Lipinski definition) is 1. The molecule has 1 atom stereocenters. The molecule has 10 nitrogen and oxygen atoms in total. The molecule has 2 aliphatic rings. The maximum Gasteiger partial charge on any atom is 0.414 e. The fourth-order valence-corrected chi connectivity index (χ4v) is 3.58. The van der Waals surface area contributed by atoms with Crippen molar-refractivity contribution < 1.29 is 28.2 Å². The third-order valence-electron chi connectivity index (χ3n) is 5.35. The van der Waals surface area contributed by atoms with E-state index < -0.39 is 24.1 Å². The number of methoxy groups -OCH3 is 1. The predicted octanol–water partition coefficient (Wildman–Crippen LogP) is 2.44. The molecule has 0 spiro atoms. The lowest BCUT2D eigenvalue weighted by Crippen LogP contribution is -2.34. The molecule has 2 aliphatic heterocycles. The SMILES string of the molecule is COC(=O)NCC1CN(c2ccc(-c3ccc(N4CCN(C)C4=O)nc3)c(F)c2)C(=O)O1. The number of aromatic nitrogens is 1. The molecule has 0 aliphatic carbocycles. The van der Waals surface area contributed by atoms with E-state index in [1.807, 2.05) is 0 Å². The second kappa shape index (κ2) is 8.69. The highest BCUT2D eigenvalue weighted by Crippen LogP contribution is 2.30. The molecule has 11 heteroatoms. The topological polar surface area (TPSA) is 104 Å². The number of carbonyl (C=O) groups excluding carboxylic acids is 3. The van der Waals surface area contributed by atoms with Crippen LogP contribution in [0.2, 0.25) is 0 Å². The number of pyridine rings is 1. The molecule has 32 heavy (non-hydrogen) atoms. The average molecular weight is 443 g/mol. The van der Waals surface area contributed by atoms with Crippen LogP contribution < -0.4 is 15.1 Å². The Bertz CT molecular complexity index is 1050. The first kappa shape index (κ1) is 21.3. The van der Waals surface area contributed by atoms with Crippen LogP contribution in [0, 0.1) is 5.82 Å². The summed E-state index contributed by atoms with van der Waals surface area (Å²) in [5, 5.41) is 2.47. The van der Waals surface area contributed by atoms with Crippen molar-refractivity contribution in [3.05, 3.63) is 42.3 Å². The molecule has 4 rings (SSSR count). The molecule has 1 N–H and O–H groups in total. The van der Waals surface area contributed by atoms with Crippen LogP contribution in [-0.4, -0.2) is 74.5 Å². The van der Waals surface area contributed by atoms with Crippen molar-refractivity contribution >= 4 is 29.7 Å². The normalized spacial score (nSPS) is 18.2. The molecule has 2 saturated heterocycles. The van der Waals surface area contributed by atoms with Crippen molar-refractivity contribution in [2.45, 2.75) is 6.10 Å². The highest BCUT2D eigenvalue weighted by atomic mass is 19.1. The molecule has 4 amide bonds. The summed E-state index contributed by atoms with van der Waals surface area (Å²) in [5.74, 6) is -0.0236. The molecule has 0 saturated carbocycles. The Morgan fingerprint density at radius 3 is 2.69 bits per heavy atom. The summed E-state index contributed by atoms with van der Waals surface area (Å²) >= 11 is 0. The van der Waals surface area contributed by atoms with E-state index in [0.717, 1.165) is 0 Å². The summed E-state index contributed by atoms with van der Waals surface area (Å²) in [6.45, 7) is 1.42. The minimum atomic E-state index is -0.629. The number of alkyl carbamates (subject to hydrolysis) is 1. The van der Waals surface area contributed by atoms with Gasteiger partial charge in [0, 0.05) is 37.5 Å². The lowest BCUT2D eigenvalue weighted by molar-refractivity contribution is 0.132. The number of nitrogens with zero attached hydrogens (tertiary/aromatic N) is 4. The van der Waals surface area contributed by atoms with Crippen molar-refractivity contribution in [2.24, 2.45) is 0 Å². The second-order valence-corrected chi connectivity index (χ2v) is 7.41. The minimum absolute atomic E-state index is 0.0861. The summed E-state index contributed by atoms with van der Waals surface area (Å²) in [5.41, 5.74) is 1.20. The minimum Gasteiger partial charge on any atom is -0.453 e. The maximum absolute atomic E-state index is 14.9. The van der Waals surface area contributed by atoms with Crippen LogP contribution in [0.4, 0.5) is 30.3 Å². The Kier molecular flexibility index (Phi) is 5.80. The van der Waals surface area contributed by atoms with E-state index >= 15 is 0 Å². The molecule has 0 radical (unpaired) electrons. The van der Waals surface area contributed by atoms with Crippen LogP contribution in [0.1, 0.15) is 0 Å². The zero-order valence-corrected chi connectivity index (χ0v) is 17.6. The van der Waals surface area contributed by atoms with Gasteiger partial charge in [0.1, 0.15) is 17.7 Å². The average Bonchev–Trinajstić information content (AvgIpc) is 3.34. The second-order valence-electron chi connectivity index (χ2n) is 7.41. The Labute approximate surface area is 183 Å². The van der Waals surface area contributed by atoms with Crippen molar-refractivity contribution in [1.29, 1.82) is 0 Å². The summed E-state index contributed by atoms with van der Waals surface area (Å²) in [4.78, 5) is 44.2. The Morgan fingerprint density at radius 2 is 2.06 bits per heavy atom. The smallest absolute Gasteiger partial charge is 0.414 e. The van der Waals surface area contributed by atoms with Crippen molar-refractivity contribution in [1.82, 2.24) is 15.2 Å². The maximum atomic E-state index is 14.9. The first-order valence-corrected chi connectivity index (χ1v) is 9.96. The molecule has 1 aromatic heterocycles. The van der Waals surface area contributed by atoms with Gasteiger partial charge in [-0.2, -0.15) is 0 Å². The van der Waals surface area contributed by atoms with Crippen LogP contribution in [0.3, 0.4) is 0 Å². The van der Waals surface area contributed by atoms with Gasteiger partial charge < -0.3 is 19.7 Å². The standard InChI is InChI=1S/C21H22FN5O5/c1-25-7-8-26(20(25)29)18-6-3-13(10-23-18)16-5-4-14(9-17(16)22)27-12-15(32-21(27)30)11-24-19(28)31-2/h3-6,9-10,15H,7-8,11-12H2,1-2H3,(H,24,28). The van der Waals surface area contributed by atoms with Gasteiger partial charge in [0.05, 0.1) is 25.9 Å². The zero-order chi connectivity index (χ0) is 22.8. The van der Waals surface area contributed by atoms with Gasteiger partial charge in [0.2, 0.25) is 0 Å². The summed E-state index contributed by atoms with van der Waals surface area (Å²) in [7, 11) is 2.96. The summed E-state index contributed by atoms with van der Waals surface area (Å²) in [6, 6.07) is 7.67. The molecule has 1 unspecified atom stereocenters. The number of rotatable bonds is 5. The number of urea groups is 1. The van der Waals surface area contributed by atoms with Gasteiger partial charge >= 0.3 is 18.2 Å². The van der Waals surface area contributed by atoms with E-state index in [9.17, 15) is 18.8 Å². The summed E-state index contributed by atoms with van der Waals surface area (Å²) in [6.07, 6.45) is -0.318. The van der Waals surface area contributed by atoms with Gasteiger partial charge in [-0.15, -0.1) is 0 Å². The third-order valence-corrected chi connectivity index (χ3v) is 5.35. The van der Waals surface area contributed by atoms with E-state index in [2.05, 4.69) is 15.0 Å². The van der Waals surface area contributed by atoms with Crippen LogP contribution in [0.25, 0.3) is 11.1 Å². The number of carbonyl (C=O) groups is 3. The van der Waals surface area contributed by atoms with E-state index in [0.29, 0.717) is 35.7 Å². The van der Waals surface area contributed by atoms with Gasteiger partial charge in [-0.3, -0.25) is 9.80 Å². The number of benzene rings is 1. The number of amides is 4. The molecular formula is C21H22FN5O5. The molecule has 2 fully saturated rings. The van der Waals surface area contributed by atoms with Crippen LogP contribution in [0.15, 0.2) is 36.5 Å². The quantitative estimate of drug-likeness (QED) is 0.761. The van der Waals surface area contributed by atoms with Gasteiger partial charge in [0.15, 0.2) is 0 Å². The van der Waals surface area contributed by atoms with E-state index in [4.69, 9.17) is 4.74 Å². The van der Waals surface area contributed by atoms with E-state index in [1.165, 1.54) is 24.3 Å². The fourth-order valence-electron chi connectivity index (χ4n) is 3.58. The lowest BCUT2D eigenvalue weighted by Gasteiger charge is -2.16. The first-order chi connectivity index (χ1) is 15.4. The Morgan fingerprint density at radius 1 is 1.25 bits per heavy atom. The molecule has 0 bridgehead atoms. The largest absolute Gasteiger partial charge is 0.453 e. The Balaban J connectivity index is 1.46. The zero-order valence-electron chi connectivity index (χ0n) is 17.6. The van der Waals surface area contributed by atoms with E-state index in [1.54, 1.807) is 41.1 Å². The third kappa shape index (κ3) is 4.13. The van der Waals surface area contributed by atoms with Crippen molar-refractivity contribution in [3.63, 3.8) is 0 Å². The van der Waals surface area contributed by atoms with Crippen molar-refractivity contribution in [3.8, 4) is 11.1 Å². The fraction of sp³-hybridized carbons (Fsp3) is 0.333. The van der Waals surface area contributed by atoms with E-state index in [-0.39, 0.29) is 19.1 Å². The van der Waals surface area contributed by atoms with Gasteiger partial charge in [-0.1, -0.05) is 0 Å². The van der Waals surface area contributed by atoms with Gasteiger partial charge in [-0.25, -0.2) is 23.8 Å². The van der Waals surface area contributed by atoms with Crippen LogP contribution >= 0.6 is 0 Å². The van der Waals surface area contributed by atoms with Gasteiger partial charge in [0.25, 0.3) is 0 Å². The number of hydrogen-bond acceptors (Lipinski definition) is 6. The number of halogens is 1. The predicted molar refractivity (Wildman–Crippen MR) is 113 cm³/mol. The van der Waals surface area contributed by atoms with Crippen molar-refractivity contribution in [2.75, 3.05) is 50.1 Å². The monoisotopic (exact) mass is 443 g/mol. The molecule has 168 valence electrons. The van der Waals surface area contributed by atoms with Crippen LogP contribution in [0.5, 0.6) is 0 Å². The highest BCUT2D eigenvalue weighted by molar-refractivity contribution is 5.93. The molecule has 1 aromatic carbocycles. The summed E-state index contributed by atoms with van der Waals surface area (Å²) < 4.78 is 24.6.